The summed E-state index contributed by atoms with van der Waals surface area (Å²) in [6.07, 6.45) is 3.06. The van der Waals surface area contributed by atoms with E-state index in [9.17, 15) is 15.0 Å². The normalized spacial score (nSPS) is 15.6. The van der Waals surface area contributed by atoms with Crippen LogP contribution in [0.15, 0.2) is 60.7 Å². The third kappa shape index (κ3) is 6.77. The van der Waals surface area contributed by atoms with E-state index in [4.69, 9.17) is 16.3 Å². The lowest BCUT2D eigenvalue weighted by molar-refractivity contribution is 0.0692. The van der Waals surface area contributed by atoms with Crippen LogP contribution in [0.25, 0.3) is 11.1 Å². The van der Waals surface area contributed by atoms with Crippen LogP contribution >= 0.6 is 24.0 Å². The van der Waals surface area contributed by atoms with Crippen LogP contribution in [-0.2, 0) is 12.8 Å². The van der Waals surface area contributed by atoms with Crippen molar-refractivity contribution in [3.63, 3.8) is 0 Å². The number of carbonyl (C=O) groups is 1. The first-order chi connectivity index (χ1) is 16.4. The first-order valence-corrected chi connectivity index (χ1v) is 12.1. The summed E-state index contributed by atoms with van der Waals surface area (Å²) < 4.78 is 5.71. The SMILES string of the molecule is CCCOc1cc(-c2ccc3c(c2)C[C@@H](NC[C@H](O)c2cccc(Cl)c2)CC3)ccc1C(=O)O.Cl. The molecule has 4 rings (SSSR count). The van der Waals surface area contributed by atoms with Gasteiger partial charge in [0.25, 0.3) is 0 Å². The van der Waals surface area contributed by atoms with Gasteiger partial charge in [0.15, 0.2) is 0 Å². The molecule has 3 N–H and O–H groups in total. The molecule has 186 valence electrons. The maximum Gasteiger partial charge on any atom is 0.339 e. The lowest BCUT2D eigenvalue weighted by atomic mass is 9.86. The van der Waals surface area contributed by atoms with E-state index in [0.29, 0.717) is 23.9 Å². The molecule has 0 fully saturated rings. The van der Waals surface area contributed by atoms with Crippen molar-refractivity contribution in [1.29, 1.82) is 0 Å². The number of benzene rings is 3. The fourth-order valence-corrected chi connectivity index (χ4v) is 4.63. The number of aryl methyl sites for hydroxylation is 1. The molecule has 1 aliphatic rings. The Labute approximate surface area is 217 Å². The van der Waals surface area contributed by atoms with Crippen LogP contribution in [0, 0.1) is 0 Å². The first-order valence-electron chi connectivity index (χ1n) is 11.7. The van der Waals surface area contributed by atoms with E-state index in [2.05, 4.69) is 23.5 Å². The van der Waals surface area contributed by atoms with Gasteiger partial charge in [0.05, 0.1) is 12.7 Å². The maximum absolute atomic E-state index is 11.6. The molecule has 5 nitrogen and oxygen atoms in total. The predicted octanol–water partition coefficient (Wildman–Crippen LogP) is 6.10. The molecule has 0 aromatic heterocycles. The molecule has 0 saturated heterocycles. The van der Waals surface area contributed by atoms with Gasteiger partial charge in [-0.1, -0.05) is 54.9 Å². The molecule has 3 aromatic rings. The van der Waals surface area contributed by atoms with Crippen LogP contribution in [0.2, 0.25) is 5.02 Å². The molecule has 7 heteroatoms. The Morgan fingerprint density at radius 2 is 1.89 bits per heavy atom. The third-order valence-corrected chi connectivity index (χ3v) is 6.51. The van der Waals surface area contributed by atoms with Crippen molar-refractivity contribution in [2.45, 2.75) is 44.8 Å². The zero-order valence-electron chi connectivity index (χ0n) is 19.7. The molecule has 1 aliphatic carbocycles. The number of hydrogen-bond donors (Lipinski definition) is 3. The predicted molar refractivity (Wildman–Crippen MR) is 142 cm³/mol. The molecule has 0 unspecified atom stereocenters. The highest BCUT2D eigenvalue weighted by Crippen LogP contribution is 2.31. The number of halogens is 2. The minimum absolute atomic E-state index is 0. The average molecular weight is 516 g/mol. The Balaban J connectivity index is 0.00000342. The summed E-state index contributed by atoms with van der Waals surface area (Å²) in [7, 11) is 0. The summed E-state index contributed by atoms with van der Waals surface area (Å²) in [6.45, 7) is 2.93. The van der Waals surface area contributed by atoms with Crippen molar-refractivity contribution in [2.24, 2.45) is 0 Å². The molecule has 2 atom stereocenters. The van der Waals surface area contributed by atoms with Gasteiger partial charge in [-0.05, 0) is 77.8 Å². The summed E-state index contributed by atoms with van der Waals surface area (Å²) in [5.41, 5.74) is 5.57. The molecule has 0 bridgehead atoms. The number of hydrogen-bond acceptors (Lipinski definition) is 4. The highest BCUT2D eigenvalue weighted by molar-refractivity contribution is 6.30. The van der Waals surface area contributed by atoms with Crippen LogP contribution in [0.4, 0.5) is 0 Å². The number of aliphatic hydroxyl groups is 1. The number of rotatable bonds is 9. The zero-order valence-corrected chi connectivity index (χ0v) is 21.2. The topological polar surface area (TPSA) is 78.8 Å². The minimum atomic E-state index is -0.989. The van der Waals surface area contributed by atoms with E-state index in [1.54, 1.807) is 18.2 Å². The Morgan fingerprint density at radius 1 is 1.11 bits per heavy atom. The van der Waals surface area contributed by atoms with E-state index in [1.165, 1.54) is 11.1 Å². The Morgan fingerprint density at radius 3 is 2.63 bits per heavy atom. The van der Waals surface area contributed by atoms with Crippen molar-refractivity contribution < 1.29 is 19.7 Å². The molecular formula is C28H31Cl2NO4. The molecule has 0 amide bonds. The smallest absolute Gasteiger partial charge is 0.339 e. The van der Waals surface area contributed by atoms with Crippen molar-refractivity contribution in [3.05, 3.63) is 87.9 Å². The fraction of sp³-hybridized carbons (Fsp3) is 0.321. The Bertz CT molecular complexity index is 1170. The van der Waals surface area contributed by atoms with Crippen molar-refractivity contribution in [2.75, 3.05) is 13.2 Å². The Hall–Kier alpha value is -2.57. The number of aromatic carboxylic acids is 1. The van der Waals surface area contributed by atoms with E-state index in [-0.39, 0.29) is 24.0 Å². The van der Waals surface area contributed by atoms with Crippen molar-refractivity contribution >= 4 is 30.0 Å². The second-order valence-corrected chi connectivity index (χ2v) is 9.20. The number of fused-ring (bicyclic) bond motifs is 1. The van der Waals surface area contributed by atoms with Gasteiger partial charge in [-0.15, -0.1) is 12.4 Å². The second kappa shape index (κ2) is 12.4. The van der Waals surface area contributed by atoms with E-state index in [1.807, 2.05) is 31.2 Å². The number of aliphatic hydroxyl groups excluding tert-OH is 1. The van der Waals surface area contributed by atoms with Gasteiger partial charge < -0.3 is 20.3 Å². The molecule has 0 radical (unpaired) electrons. The lowest BCUT2D eigenvalue weighted by Crippen LogP contribution is -2.37. The zero-order chi connectivity index (χ0) is 24.1. The van der Waals surface area contributed by atoms with Gasteiger partial charge in [0, 0.05) is 17.6 Å². The lowest BCUT2D eigenvalue weighted by Gasteiger charge is -2.27. The largest absolute Gasteiger partial charge is 0.493 e. The fourth-order valence-electron chi connectivity index (χ4n) is 4.43. The number of carboxylic acid groups (broad SMARTS) is 1. The highest BCUT2D eigenvalue weighted by Gasteiger charge is 2.21. The number of nitrogens with one attached hydrogen (secondary N) is 1. The molecule has 0 aliphatic heterocycles. The molecule has 35 heavy (non-hydrogen) atoms. The molecule has 0 spiro atoms. The molecule has 0 heterocycles. The van der Waals surface area contributed by atoms with Gasteiger partial charge in [0.1, 0.15) is 11.3 Å². The van der Waals surface area contributed by atoms with Crippen molar-refractivity contribution in [3.8, 4) is 16.9 Å². The van der Waals surface area contributed by atoms with Gasteiger partial charge in [0.2, 0.25) is 0 Å². The van der Waals surface area contributed by atoms with Gasteiger partial charge >= 0.3 is 5.97 Å². The first kappa shape index (κ1) is 27.0. The quantitative estimate of drug-likeness (QED) is 0.321. The third-order valence-electron chi connectivity index (χ3n) is 6.28. The Kier molecular flexibility index (Phi) is 9.58. The summed E-state index contributed by atoms with van der Waals surface area (Å²) >= 11 is 6.05. The van der Waals surface area contributed by atoms with E-state index >= 15 is 0 Å². The van der Waals surface area contributed by atoms with E-state index in [0.717, 1.165) is 42.4 Å². The highest BCUT2D eigenvalue weighted by atomic mass is 35.5. The van der Waals surface area contributed by atoms with Crippen LogP contribution in [-0.4, -0.2) is 35.4 Å². The standard InChI is InChI=1S/C28H30ClNO4.ClH/c1-2-12-34-27-16-20(9-11-25(27)28(32)33)19-7-6-18-8-10-24(15-22(18)13-19)30-17-26(31)21-4-3-5-23(29)14-21;/h3-7,9,11,13-14,16,24,26,30-31H,2,8,10,12,15,17H2,1H3,(H,32,33);1H/t24-,26-;/m0./s1. The summed E-state index contributed by atoms with van der Waals surface area (Å²) in [5, 5.41) is 24.1. The molecule has 0 saturated carbocycles. The van der Waals surface area contributed by atoms with Crippen molar-refractivity contribution in [1.82, 2.24) is 5.32 Å². The van der Waals surface area contributed by atoms with Gasteiger partial charge in [-0.3, -0.25) is 0 Å². The second-order valence-electron chi connectivity index (χ2n) is 8.77. The van der Waals surface area contributed by atoms with Crippen LogP contribution < -0.4 is 10.1 Å². The molecule has 3 aromatic carbocycles. The summed E-state index contributed by atoms with van der Waals surface area (Å²) in [5.74, 6) is -0.587. The summed E-state index contributed by atoms with van der Waals surface area (Å²) in [6, 6.07) is 19.3. The maximum atomic E-state index is 11.6. The van der Waals surface area contributed by atoms with Gasteiger partial charge in [-0.25, -0.2) is 4.79 Å². The average Bonchev–Trinajstić information content (AvgIpc) is 2.85. The number of carboxylic acids is 1. The monoisotopic (exact) mass is 515 g/mol. The van der Waals surface area contributed by atoms with Crippen LogP contribution in [0.1, 0.15) is 52.9 Å². The van der Waals surface area contributed by atoms with Crippen LogP contribution in [0.3, 0.4) is 0 Å². The van der Waals surface area contributed by atoms with Gasteiger partial charge in [-0.2, -0.15) is 0 Å². The molecular weight excluding hydrogens is 485 g/mol. The van der Waals surface area contributed by atoms with Crippen LogP contribution in [0.5, 0.6) is 5.75 Å². The van der Waals surface area contributed by atoms with E-state index < -0.39 is 12.1 Å². The number of ether oxygens (including phenoxy) is 1. The minimum Gasteiger partial charge on any atom is -0.493 e. The summed E-state index contributed by atoms with van der Waals surface area (Å²) in [4.78, 5) is 11.6.